The molecule has 262 valence electrons. The summed E-state index contributed by atoms with van der Waals surface area (Å²) in [6, 6.07) is 61.6. The summed E-state index contributed by atoms with van der Waals surface area (Å²) in [5.74, 6) is 1.37. The van der Waals surface area contributed by atoms with Crippen molar-refractivity contribution in [3.63, 3.8) is 0 Å². The van der Waals surface area contributed by atoms with Crippen molar-refractivity contribution in [3.8, 4) is 11.1 Å². The molecule has 3 heterocycles. The van der Waals surface area contributed by atoms with Crippen molar-refractivity contribution in [2.75, 3.05) is 0 Å². The van der Waals surface area contributed by atoms with Gasteiger partial charge in [0.2, 0.25) is 0 Å². The molecular formula is C51H31N3O2. The molecule has 1 aliphatic rings. The average molecular weight is 718 g/mol. The van der Waals surface area contributed by atoms with Gasteiger partial charge in [0, 0.05) is 43.8 Å². The molecule has 1 aliphatic heterocycles. The average Bonchev–Trinajstić information content (AvgIpc) is 3.85. The summed E-state index contributed by atoms with van der Waals surface area (Å²) >= 11 is 0. The van der Waals surface area contributed by atoms with E-state index in [9.17, 15) is 0 Å². The van der Waals surface area contributed by atoms with Crippen LogP contribution in [0, 0.1) is 0 Å². The number of fused-ring (bicyclic) bond motifs is 12. The molecule has 0 saturated heterocycles. The number of benzene rings is 9. The zero-order valence-corrected chi connectivity index (χ0v) is 30.0. The number of aliphatic imine (C=N–C) groups is 2. The Hall–Kier alpha value is -7.50. The summed E-state index contributed by atoms with van der Waals surface area (Å²) < 4.78 is 13.3. The minimum atomic E-state index is -0.430. The van der Waals surface area contributed by atoms with Gasteiger partial charge in [0.25, 0.3) is 0 Å². The smallest absolute Gasteiger partial charge is 0.159 e. The van der Waals surface area contributed by atoms with Crippen LogP contribution in [0.15, 0.2) is 195 Å². The number of rotatable bonds is 4. The number of hydrogen-bond donors (Lipinski definition) is 1. The van der Waals surface area contributed by atoms with Gasteiger partial charge in [-0.15, -0.1) is 0 Å². The van der Waals surface area contributed by atoms with Crippen LogP contribution in [0.25, 0.3) is 87.3 Å². The van der Waals surface area contributed by atoms with E-state index in [1.807, 2.05) is 36.4 Å². The molecule has 11 aromatic rings. The Balaban J connectivity index is 1.01. The first kappa shape index (κ1) is 30.9. The van der Waals surface area contributed by atoms with Gasteiger partial charge in [-0.05, 0) is 62.1 Å². The number of furan rings is 2. The Morgan fingerprint density at radius 2 is 0.964 bits per heavy atom. The molecule has 0 aliphatic carbocycles. The fraction of sp³-hybridized carbons (Fsp3) is 0.0196. The highest BCUT2D eigenvalue weighted by atomic mass is 16.3. The van der Waals surface area contributed by atoms with Crippen molar-refractivity contribution in [2.24, 2.45) is 9.98 Å². The van der Waals surface area contributed by atoms with Crippen LogP contribution in [0.1, 0.15) is 22.9 Å². The first-order chi connectivity index (χ1) is 27.7. The van der Waals surface area contributed by atoms with Crippen LogP contribution in [0.4, 0.5) is 0 Å². The van der Waals surface area contributed by atoms with Gasteiger partial charge in [-0.3, -0.25) is 0 Å². The van der Waals surface area contributed by atoms with E-state index in [0.717, 1.165) is 77.5 Å². The van der Waals surface area contributed by atoms with Crippen LogP contribution in [-0.4, -0.2) is 11.7 Å². The molecule has 1 atom stereocenters. The Bertz CT molecular complexity index is 3430. The van der Waals surface area contributed by atoms with Gasteiger partial charge in [-0.25, -0.2) is 9.98 Å². The number of para-hydroxylation sites is 3. The van der Waals surface area contributed by atoms with E-state index in [1.54, 1.807) is 0 Å². The third-order valence-electron chi connectivity index (χ3n) is 11.3. The third kappa shape index (κ3) is 4.67. The molecule has 2 aromatic heterocycles. The molecule has 0 radical (unpaired) electrons. The normalized spacial score (nSPS) is 14.6. The van der Waals surface area contributed by atoms with Crippen LogP contribution in [0.2, 0.25) is 0 Å². The van der Waals surface area contributed by atoms with Gasteiger partial charge < -0.3 is 14.2 Å². The SMILES string of the molecule is c1ccc(C2=NC(c3ccc4c(c3)oc3c(-c5ccc6c7ccccc7c7ccccc7c6c5)cccc34)=NC(c3cccc4c3oc3ccccc34)N2)cc1. The maximum absolute atomic E-state index is 6.82. The summed E-state index contributed by atoms with van der Waals surface area (Å²) in [7, 11) is 0. The summed E-state index contributed by atoms with van der Waals surface area (Å²) in [5.41, 5.74) is 8.30. The van der Waals surface area contributed by atoms with Crippen molar-refractivity contribution in [3.05, 3.63) is 193 Å². The lowest BCUT2D eigenvalue weighted by Crippen LogP contribution is -2.33. The van der Waals surface area contributed by atoms with Gasteiger partial charge in [-0.2, -0.15) is 0 Å². The summed E-state index contributed by atoms with van der Waals surface area (Å²) in [6.07, 6.45) is -0.430. The zero-order valence-electron chi connectivity index (χ0n) is 30.0. The molecule has 0 fully saturated rings. The Labute approximate surface area is 320 Å². The monoisotopic (exact) mass is 717 g/mol. The Morgan fingerprint density at radius 1 is 0.393 bits per heavy atom. The van der Waals surface area contributed by atoms with Gasteiger partial charge >= 0.3 is 0 Å². The molecule has 1 unspecified atom stereocenters. The van der Waals surface area contributed by atoms with Crippen LogP contribution >= 0.6 is 0 Å². The van der Waals surface area contributed by atoms with E-state index in [4.69, 9.17) is 18.8 Å². The highest BCUT2D eigenvalue weighted by Crippen LogP contribution is 2.41. The maximum atomic E-state index is 6.82. The van der Waals surface area contributed by atoms with Gasteiger partial charge in [0.05, 0.1) is 0 Å². The van der Waals surface area contributed by atoms with Crippen LogP contribution in [0.5, 0.6) is 0 Å². The highest BCUT2D eigenvalue weighted by Gasteiger charge is 2.25. The third-order valence-corrected chi connectivity index (χ3v) is 11.3. The fourth-order valence-electron chi connectivity index (χ4n) is 8.71. The van der Waals surface area contributed by atoms with Crippen molar-refractivity contribution < 1.29 is 8.83 Å². The number of hydrogen-bond acceptors (Lipinski definition) is 5. The molecule has 0 saturated carbocycles. The van der Waals surface area contributed by atoms with E-state index in [1.165, 1.54) is 32.3 Å². The lowest BCUT2D eigenvalue weighted by Gasteiger charge is -2.23. The topological polar surface area (TPSA) is 63.0 Å². The first-order valence-electron chi connectivity index (χ1n) is 18.9. The summed E-state index contributed by atoms with van der Waals surface area (Å²) in [4.78, 5) is 10.3. The van der Waals surface area contributed by atoms with Crippen LogP contribution in [-0.2, 0) is 0 Å². The van der Waals surface area contributed by atoms with E-state index in [-0.39, 0.29) is 0 Å². The quantitative estimate of drug-likeness (QED) is 0.184. The molecule has 5 nitrogen and oxygen atoms in total. The molecule has 0 spiro atoms. The van der Waals surface area contributed by atoms with Gasteiger partial charge in [-0.1, -0.05) is 152 Å². The minimum absolute atomic E-state index is 0.430. The van der Waals surface area contributed by atoms with Crippen molar-refractivity contribution in [1.29, 1.82) is 0 Å². The molecule has 5 heteroatoms. The zero-order chi connectivity index (χ0) is 36.7. The van der Waals surface area contributed by atoms with Crippen LogP contribution in [0.3, 0.4) is 0 Å². The van der Waals surface area contributed by atoms with Gasteiger partial charge in [0.1, 0.15) is 28.2 Å². The molecule has 56 heavy (non-hydrogen) atoms. The van der Waals surface area contributed by atoms with Gasteiger partial charge in [0.15, 0.2) is 12.0 Å². The number of amidine groups is 2. The minimum Gasteiger partial charge on any atom is -0.456 e. The van der Waals surface area contributed by atoms with Crippen molar-refractivity contribution in [2.45, 2.75) is 6.17 Å². The van der Waals surface area contributed by atoms with E-state index < -0.39 is 6.17 Å². The van der Waals surface area contributed by atoms with E-state index in [2.05, 4.69) is 145 Å². The molecule has 0 bridgehead atoms. The largest absolute Gasteiger partial charge is 0.456 e. The number of nitrogens with one attached hydrogen (secondary N) is 1. The standard InChI is InChI=1S/C51H31N3O2/c1-2-12-30(13-3-1)49-52-50(54-51(53-49)43-22-11-21-41-39-18-8-9-23-45(39)55-48(41)43)32-25-27-40-42-20-10-19-33(47(42)56-46(40)29-32)31-24-26-38-36-16-5-4-14-34(36)35-15-6-7-17-37(35)44(38)28-31/h1-29,51H,(H,52,53,54). The number of nitrogens with zero attached hydrogens (tertiary/aromatic N) is 2. The predicted octanol–water partition coefficient (Wildman–Crippen LogP) is 13.1. The summed E-state index contributed by atoms with van der Waals surface area (Å²) in [6.45, 7) is 0. The second-order valence-corrected chi connectivity index (χ2v) is 14.5. The molecule has 1 N–H and O–H groups in total. The fourth-order valence-corrected chi connectivity index (χ4v) is 8.71. The molecular weight excluding hydrogens is 687 g/mol. The lowest BCUT2D eigenvalue weighted by molar-refractivity contribution is 0.628. The van der Waals surface area contributed by atoms with Crippen molar-refractivity contribution >= 4 is 87.9 Å². The highest BCUT2D eigenvalue weighted by molar-refractivity contribution is 6.26. The van der Waals surface area contributed by atoms with Crippen LogP contribution < -0.4 is 5.32 Å². The summed E-state index contributed by atoms with van der Waals surface area (Å²) in [5, 5.41) is 15.4. The Kier molecular flexibility index (Phi) is 6.63. The predicted molar refractivity (Wildman–Crippen MR) is 231 cm³/mol. The Morgan fingerprint density at radius 3 is 1.75 bits per heavy atom. The van der Waals surface area contributed by atoms with E-state index >= 15 is 0 Å². The van der Waals surface area contributed by atoms with E-state index in [0.29, 0.717) is 5.84 Å². The van der Waals surface area contributed by atoms with Crippen molar-refractivity contribution in [1.82, 2.24) is 5.32 Å². The second kappa shape index (κ2) is 12.0. The first-order valence-corrected chi connectivity index (χ1v) is 18.9. The molecule has 12 rings (SSSR count). The molecule has 0 amide bonds. The molecule has 9 aromatic carbocycles. The lowest BCUT2D eigenvalue weighted by atomic mass is 9.92. The second-order valence-electron chi connectivity index (χ2n) is 14.5. The maximum Gasteiger partial charge on any atom is 0.159 e.